The van der Waals surface area contributed by atoms with Crippen molar-refractivity contribution in [3.05, 3.63) is 11.4 Å². The summed E-state index contributed by atoms with van der Waals surface area (Å²) in [7, 11) is 1.81. The Morgan fingerprint density at radius 2 is 2.36 bits per heavy atom. The van der Waals surface area contributed by atoms with Crippen LogP contribution in [-0.4, -0.2) is 27.6 Å². The lowest BCUT2D eigenvalue weighted by Gasteiger charge is -2.01. The van der Waals surface area contributed by atoms with Gasteiger partial charge in [-0.3, -0.25) is 4.68 Å². The Morgan fingerprint density at radius 1 is 1.64 bits per heavy atom. The van der Waals surface area contributed by atoms with Crippen molar-refractivity contribution in [2.75, 3.05) is 6.61 Å². The minimum absolute atomic E-state index is 0.359. The molecule has 0 bridgehead atoms. The number of hydrogen-bond acceptors (Lipinski definition) is 4. The SMILES string of the molecule is CCOC(=O)c1nnn(C)c1C1CC1. The van der Waals surface area contributed by atoms with Crippen LogP contribution < -0.4 is 0 Å². The highest BCUT2D eigenvalue weighted by Gasteiger charge is 2.33. The first-order valence-corrected chi connectivity index (χ1v) is 4.80. The molecule has 2 rings (SSSR count). The molecule has 1 aliphatic carbocycles. The van der Waals surface area contributed by atoms with Crippen LogP contribution in [0, 0.1) is 0 Å². The van der Waals surface area contributed by atoms with Crippen LogP contribution >= 0.6 is 0 Å². The van der Waals surface area contributed by atoms with E-state index in [-0.39, 0.29) is 5.97 Å². The molecular formula is C9H13N3O2. The molecule has 0 amide bonds. The summed E-state index contributed by atoms with van der Waals surface area (Å²) in [6.07, 6.45) is 2.24. The standard InChI is InChI=1S/C9H13N3O2/c1-3-14-9(13)7-8(6-4-5-6)12(2)11-10-7/h6H,3-5H2,1-2H3. The van der Waals surface area contributed by atoms with Crippen molar-refractivity contribution in [1.29, 1.82) is 0 Å². The van der Waals surface area contributed by atoms with Gasteiger partial charge in [0, 0.05) is 13.0 Å². The highest BCUT2D eigenvalue weighted by Crippen LogP contribution is 2.40. The molecule has 1 aromatic rings. The number of esters is 1. The maximum atomic E-state index is 11.5. The van der Waals surface area contributed by atoms with Crippen LogP contribution in [0.2, 0.25) is 0 Å². The van der Waals surface area contributed by atoms with Crippen LogP contribution in [0.25, 0.3) is 0 Å². The highest BCUT2D eigenvalue weighted by atomic mass is 16.5. The molecule has 5 heteroatoms. The molecule has 1 heterocycles. The zero-order valence-corrected chi connectivity index (χ0v) is 8.36. The van der Waals surface area contributed by atoms with Gasteiger partial charge in [0.15, 0.2) is 5.69 Å². The molecule has 5 nitrogen and oxygen atoms in total. The van der Waals surface area contributed by atoms with Crippen molar-refractivity contribution >= 4 is 5.97 Å². The first-order chi connectivity index (χ1) is 6.74. The summed E-state index contributed by atoms with van der Waals surface area (Å²) < 4.78 is 6.58. The molecule has 76 valence electrons. The van der Waals surface area contributed by atoms with Crippen molar-refractivity contribution < 1.29 is 9.53 Å². The second-order valence-electron chi connectivity index (χ2n) is 3.44. The average molecular weight is 195 g/mol. The second-order valence-corrected chi connectivity index (χ2v) is 3.44. The lowest BCUT2D eigenvalue weighted by molar-refractivity contribution is 0.0518. The predicted molar refractivity (Wildman–Crippen MR) is 48.9 cm³/mol. The van der Waals surface area contributed by atoms with Crippen LogP contribution in [-0.2, 0) is 11.8 Å². The molecular weight excluding hydrogens is 182 g/mol. The van der Waals surface area contributed by atoms with Crippen LogP contribution in [0.15, 0.2) is 0 Å². The average Bonchev–Trinajstić information content (AvgIpc) is 2.90. The van der Waals surface area contributed by atoms with Crippen molar-refractivity contribution in [3.63, 3.8) is 0 Å². The van der Waals surface area contributed by atoms with Gasteiger partial charge in [0.2, 0.25) is 0 Å². The van der Waals surface area contributed by atoms with E-state index >= 15 is 0 Å². The Hall–Kier alpha value is -1.39. The minimum Gasteiger partial charge on any atom is -0.461 e. The van der Waals surface area contributed by atoms with Gasteiger partial charge in [-0.05, 0) is 19.8 Å². The smallest absolute Gasteiger partial charge is 0.360 e. The Kier molecular flexibility index (Phi) is 2.23. The van der Waals surface area contributed by atoms with Gasteiger partial charge in [-0.2, -0.15) is 0 Å². The molecule has 1 fully saturated rings. The predicted octanol–water partition coefficient (Wildman–Crippen LogP) is 0.869. The maximum Gasteiger partial charge on any atom is 0.360 e. The number of carbonyl (C=O) groups is 1. The minimum atomic E-state index is -0.359. The number of rotatable bonds is 3. The molecule has 0 unspecified atom stereocenters. The van der Waals surface area contributed by atoms with Gasteiger partial charge in [-0.15, -0.1) is 5.10 Å². The van der Waals surface area contributed by atoms with Crippen molar-refractivity contribution in [2.24, 2.45) is 7.05 Å². The van der Waals surface area contributed by atoms with Gasteiger partial charge in [-0.1, -0.05) is 5.21 Å². The third kappa shape index (κ3) is 1.49. The van der Waals surface area contributed by atoms with E-state index < -0.39 is 0 Å². The van der Waals surface area contributed by atoms with E-state index in [0.29, 0.717) is 18.2 Å². The number of nitrogens with zero attached hydrogens (tertiary/aromatic N) is 3. The Bertz CT molecular complexity index is 355. The van der Waals surface area contributed by atoms with Gasteiger partial charge in [0.25, 0.3) is 0 Å². The third-order valence-electron chi connectivity index (χ3n) is 2.30. The third-order valence-corrected chi connectivity index (χ3v) is 2.30. The van der Waals surface area contributed by atoms with Crippen molar-refractivity contribution in [2.45, 2.75) is 25.7 Å². The molecule has 0 aromatic carbocycles. The molecule has 14 heavy (non-hydrogen) atoms. The summed E-state index contributed by atoms with van der Waals surface area (Å²) in [6, 6.07) is 0. The van der Waals surface area contributed by atoms with Gasteiger partial charge in [0.1, 0.15) is 0 Å². The van der Waals surface area contributed by atoms with E-state index in [9.17, 15) is 4.79 Å². The second kappa shape index (κ2) is 3.40. The summed E-state index contributed by atoms with van der Waals surface area (Å²) in [4.78, 5) is 11.5. The van der Waals surface area contributed by atoms with Crippen LogP contribution in [0.5, 0.6) is 0 Å². The maximum absolute atomic E-state index is 11.5. The van der Waals surface area contributed by atoms with Crippen LogP contribution in [0.1, 0.15) is 41.9 Å². The summed E-state index contributed by atoms with van der Waals surface area (Å²) in [6.45, 7) is 2.16. The molecule has 1 aliphatic rings. The Morgan fingerprint density at radius 3 is 2.93 bits per heavy atom. The molecule has 0 N–H and O–H groups in total. The number of carbonyl (C=O) groups excluding carboxylic acids is 1. The Labute approximate surface area is 82.1 Å². The summed E-state index contributed by atoms with van der Waals surface area (Å²) >= 11 is 0. The molecule has 0 atom stereocenters. The number of hydrogen-bond donors (Lipinski definition) is 0. The molecule has 0 spiro atoms. The fraction of sp³-hybridized carbons (Fsp3) is 0.667. The summed E-state index contributed by atoms with van der Waals surface area (Å²) in [5.74, 6) is 0.0944. The van der Waals surface area contributed by atoms with E-state index in [4.69, 9.17) is 4.74 Å². The summed E-state index contributed by atoms with van der Waals surface area (Å²) in [5, 5.41) is 7.68. The molecule has 0 saturated heterocycles. The number of aryl methyl sites for hydroxylation is 1. The van der Waals surface area contributed by atoms with E-state index in [2.05, 4.69) is 10.3 Å². The molecule has 0 aliphatic heterocycles. The lowest BCUT2D eigenvalue weighted by Crippen LogP contribution is -2.09. The van der Waals surface area contributed by atoms with Crippen LogP contribution in [0.3, 0.4) is 0 Å². The first kappa shape index (κ1) is 9.18. The lowest BCUT2D eigenvalue weighted by atomic mass is 10.2. The van der Waals surface area contributed by atoms with Crippen molar-refractivity contribution in [3.8, 4) is 0 Å². The van der Waals surface area contributed by atoms with Gasteiger partial charge >= 0.3 is 5.97 Å². The highest BCUT2D eigenvalue weighted by molar-refractivity contribution is 5.88. The van der Waals surface area contributed by atoms with Gasteiger partial charge in [0.05, 0.1) is 12.3 Å². The fourth-order valence-electron chi connectivity index (χ4n) is 1.52. The topological polar surface area (TPSA) is 57.0 Å². The fourth-order valence-corrected chi connectivity index (χ4v) is 1.52. The van der Waals surface area contributed by atoms with Crippen LogP contribution in [0.4, 0.5) is 0 Å². The summed E-state index contributed by atoms with van der Waals surface area (Å²) in [5.41, 5.74) is 1.31. The van der Waals surface area contributed by atoms with Gasteiger partial charge in [-0.25, -0.2) is 4.79 Å². The monoisotopic (exact) mass is 195 g/mol. The van der Waals surface area contributed by atoms with Gasteiger partial charge < -0.3 is 4.74 Å². The van der Waals surface area contributed by atoms with E-state index in [0.717, 1.165) is 18.5 Å². The normalized spacial score (nSPS) is 15.6. The number of ether oxygens (including phenoxy) is 1. The Balaban J connectivity index is 2.28. The van der Waals surface area contributed by atoms with Crippen molar-refractivity contribution in [1.82, 2.24) is 15.0 Å². The largest absolute Gasteiger partial charge is 0.461 e. The molecule has 1 saturated carbocycles. The quantitative estimate of drug-likeness (QED) is 0.671. The first-order valence-electron chi connectivity index (χ1n) is 4.80. The molecule has 1 aromatic heterocycles. The van der Waals surface area contributed by atoms with E-state index in [1.54, 1.807) is 11.6 Å². The number of aromatic nitrogens is 3. The molecule has 0 radical (unpaired) electrons. The van der Waals surface area contributed by atoms with E-state index in [1.807, 2.05) is 7.05 Å². The van der Waals surface area contributed by atoms with E-state index in [1.165, 1.54) is 0 Å². The zero-order valence-electron chi connectivity index (χ0n) is 8.36. The zero-order chi connectivity index (χ0) is 10.1.